The number of hydrogen-bond donors (Lipinski definition) is 1. The van der Waals surface area contributed by atoms with Crippen LogP contribution in [0, 0.1) is 17.1 Å². The number of benzene rings is 1. The Labute approximate surface area is 92.1 Å². The van der Waals surface area contributed by atoms with E-state index >= 15 is 0 Å². The summed E-state index contributed by atoms with van der Waals surface area (Å²) in [4.78, 5) is 2.60. The molecule has 0 aromatic heterocycles. The molecule has 82 valence electrons. The second kappa shape index (κ2) is 6.40. The molecule has 0 bridgehead atoms. The fraction of sp³-hybridized carbons (Fsp3) is 0.300. The number of halogens is 1. The van der Waals surface area contributed by atoms with Gasteiger partial charge in [0.05, 0.1) is 6.07 Å². The zero-order chi connectivity index (χ0) is 11.8. The van der Waals surface area contributed by atoms with Gasteiger partial charge in [-0.25, -0.2) is 4.39 Å². The lowest BCUT2D eigenvalue weighted by Gasteiger charge is -2.10. The van der Waals surface area contributed by atoms with E-state index in [9.17, 15) is 4.39 Å². The van der Waals surface area contributed by atoms with Gasteiger partial charge in [0, 0.05) is 18.0 Å². The molecule has 16 heavy (non-hydrogen) atoms. The van der Waals surface area contributed by atoms with Crippen molar-refractivity contribution in [3.8, 4) is 6.07 Å². The summed E-state index contributed by atoms with van der Waals surface area (Å²) in [7, 11) is 0. The molecular formula is C10H10FN5. The molecule has 0 spiro atoms. The molecule has 0 heterocycles. The average molecular weight is 219 g/mol. The number of hydrogen-bond acceptors (Lipinski definition) is 3. The lowest BCUT2D eigenvalue weighted by Crippen LogP contribution is -2.22. The minimum Gasteiger partial charge on any atom is -0.298 e. The predicted molar refractivity (Wildman–Crippen MR) is 56.8 cm³/mol. The topological polar surface area (TPSA) is 84.6 Å². The molecule has 1 rings (SSSR count). The van der Waals surface area contributed by atoms with E-state index in [4.69, 9.17) is 10.8 Å². The van der Waals surface area contributed by atoms with E-state index in [0.29, 0.717) is 12.1 Å². The summed E-state index contributed by atoms with van der Waals surface area (Å²) in [6, 6.07) is 7.22. The molecule has 1 unspecified atom stereocenters. The Balaban J connectivity index is 2.57. The van der Waals surface area contributed by atoms with Crippen LogP contribution < -0.4 is 5.32 Å². The van der Waals surface area contributed by atoms with Gasteiger partial charge in [-0.1, -0.05) is 17.2 Å². The van der Waals surface area contributed by atoms with E-state index in [2.05, 4.69) is 15.3 Å². The highest BCUT2D eigenvalue weighted by molar-refractivity contribution is 5.24. The van der Waals surface area contributed by atoms with Crippen LogP contribution in [0.5, 0.6) is 0 Å². The van der Waals surface area contributed by atoms with E-state index in [-0.39, 0.29) is 12.4 Å². The number of nitriles is 1. The van der Waals surface area contributed by atoms with Gasteiger partial charge in [0.2, 0.25) is 0 Å². The highest BCUT2D eigenvalue weighted by Gasteiger charge is 2.08. The molecule has 0 saturated heterocycles. The molecule has 0 radical (unpaired) electrons. The van der Waals surface area contributed by atoms with Crippen molar-refractivity contribution < 1.29 is 4.39 Å². The van der Waals surface area contributed by atoms with E-state index in [0.717, 1.165) is 0 Å². The normalized spacial score (nSPS) is 11.2. The Bertz CT molecular complexity index is 416. The average Bonchev–Trinajstić information content (AvgIpc) is 2.31. The van der Waals surface area contributed by atoms with Crippen molar-refractivity contribution in [1.82, 2.24) is 5.32 Å². The van der Waals surface area contributed by atoms with Crippen LogP contribution >= 0.6 is 0 Å². The van der Waals surface area contributed by atoms with Gasteiger partial charge in [-0.2, -0.15) is 5.26 Å². The first kappa shape index (κ1) is 12.0. The Hall–Kier alpha value is -2.09. The molecule has 1 aromatic rings. The third kappa shape index (κ3) is 3.58. The Kier molecular flexibility index (Phi) is 4.80. The quantitative estimate of drug-likeness (QED) is 0.356. The molecule has 1 N–H and O–H groups in total. The third-order valence-electron chi connectivity index (χ3n) is 1.96. The number of nitrogens with one attached hydrogen (secondary N) is 1. The van der Waals surface area contributed by atoms with Crippen LogP contribution in [0.25, 0.3) is 10.4 Å². The molecule has 0 aliphatic heterocycles. The van der Waals surface area contributed by atoms with E-state index in [1.807, 2.05) is 6.07 Å². The summed E-state index contributed by atoms with van der Waals surface area (Å²) in [5, 5.41) is 15.1. The van der Waals surface area contributed by atoms with Crippen LogP contribution in [0.4, 0.5) is 4.39 Å². The smallest absolute Gasteiger partial charge is 0.123 e. The maximum atomic E-state index is 12.6. The van der Waals surface area contributed by atoms with Crippen LogP contribution in [0.3, 0.4) is 0 Å². The molecule has 0 fully saturated rings. The van der Waals surface area contributed by atoms with E-state index in [1.165, 1.54) is 12.1 Å². The van der Waals surface area contributed by atoms with Gasteiger partial charge in [0.15, 0.2) is 0 Å². The first-order valence-corrected chi connectivity index (χ1v) is 4.67. The summed E-state index contributed by atoms with van der Waals surface area (Å²) in [6.45, 7) is 0.676. The Morgan fingerprint density at radius 1 is 1.50 bits per heavy atom. The van der Waals surface area contributed by atoms with E-state index in [1.54, 1.807) is 12.1 Å². The van der Waals surface area contributed by atoms with E-state index < -0.39 is 6.04 Å². The zero-order valence-corrected chi connectivity index (χ0v) is 8.47. The van der Waals surface area contributed by atoms with Crippen molar-refractivity contribution in [2.45, 2.75) is 6.04 Å². The highest BCUT2D eigenvalue weighted by Crippen LogP contribution is 2.12. The van der Waals surface area contributed by atoms with Crippen LogP contribution in [-0.2, 0) is 0 Å². The maximum absolute atomic E-state index is 12.6. The van der Waals surface area contributed by atoms with Gasteiger partial charge in [0.1, 0.15) is 11.9 Å². The Morgan fingerprint density at radius 3 is 2.75 bits per heavy atom. The molecular weight excluding hydrogens is 209 g/mol. The minimum atomic E-state index is -0.519. The molecule has 0 amide bonds. The van der Waals surface area contributed by atoms with Crippen LogP contribution in [0.2, 0.25) is 0 Å². The molecule has 6 heteroatoms. The van der Waals surface area contributed by atoms with Gasteiger partial charge in [0.25, 0.3) is 0 Å². The monoisotopic (exact) mass is 219 g/mol. The first-order chi connectivity index (χ1) is 7.77. The lowest BCUT2D eigenvalue weighted by molar-refractivity contribution is 0.616. The van der Waals surface area contributed by atoms with Crippen molar-refractivity contribution in [3.63, 3.8) is 0 Å². The second-order valence-corrected chi connectivity index (χ2v) is 3.02. The summed E-state index contributed by atoms with van der Waals surface area (Å²) >= 11 is 0. The second-order valence-electron chi connectivity index (χ2n) is 3.02. The first-order valence-electron chi connectivity index (χ1n) is 4.67. The minimum absolute atomic E-state index is 0.274. The van der Waals surface area contributed by atoms with Crippen molar-refractivity contribution in [1.29, 1.82) is 5.26 Å². The fourth-order valence-electron chi connectivity index (χ4n) is 1.20. The van der Waals surface area contributed by atoms with Crippen molar-refractivity contribution in [3.05, 3.63) is 46.1 Å². The number of nitrogens with zero attached hydrogens (tertiary/aromatic N) is 4. The highest BCUT2D eigenvalue weighted by atomic mass is 19.1. The predicted octanol–water partition coefficient (Wildman–Crippen LogP) is 2.29. The number of rotatable bonds is 5. The zero-order valence-electron chi connectivity index (χ0n) is 8.47. The molecule has 0 saturated carbocycles. The van der Waals surface area contributed by atoms with Crippen LogP contribution in [0.1, 0.15) is 11.6 Å². The van der Waals surface area contributed by atoms with Gasteiger partial charge >= 0.3 is 0 Å². The van der Waals surface area contributed by atoms with Gasteiger partial charge in [-0.15, -0.1) is 0 Å². The standard InChI is InChI=1S/C10H10FN5/c11-9-3-1-8(2-4-9)10(7-12)14-5-6-15-16-13/h1-4,10,14H,5-6H2. The molecule has 0 aliphatic carbocycles. The van der Waals surface area contributed by atoms with Gasteiger partial charge in [-0.05, 0) is 23.2 Å². The van der Waals surface area contributed by atoms with Crippen molar-refractivity contribution >= 4 is 0 Å². The molecule has 0 aliphatic rings. The maximum Gasteiger partial charge on any atom is 0.123 e. The van der Waals surface area contributed by atoms with Crippen LogP contribution in [0.15, 0.2) is 29.4 Å². The molecule has 1 atom stereocenters. The summed E-state index contributed by atoms with van der Waals surface area (Å²) in [6.07, 6.45) is 0. The van der Waals surface area contributed by atoms with Gasteiger partial charge in [-0.3, -0.25) is 5.32 Å². The van der Waals surface area contributed by atoms with Crippen LogP contribution in [-0.4, -0.2) is 13.1 Å². The largest absolute Gasteiger partial charge is 0.298 e. The molecule has 1 aromatic carbocycles. The fourth-order valence-corrected chi connectivity index (χ4v) is 1.20. The summed E-state index contributed by atoms with van der Waals surface area (Å²) < 4.78 is 12.6. The Morgan fingerprint density at radius 2 is 2.19 bits per heavy atom. The van der Waals surface area contributed by atoms with Crippen molar-refractivity contribution in [2.24, 2.45) is 5.11 Å². The third-order valence-corrected chi connectivity index (χ3v) is 1.96. The summed E-state index contributed by atoms with van der Waals surface area (Å²) in [5.41, 5.74) is 8.75. The van der Waals surface area contributed by atoms with Crippen molar-refractivity contribution in [2.75, 3.05) is 13.1 Å². The van der Waals surface area contributed by atoms with Gasteiger partial charge < -0.3 is 0 Å². The summed E-state index contributed by atoms with van der Waals surface area (Å²) in [5.74, 6) is -0.338. The molecule has 5 nitrogen and oxygen atoms in total. The lowest BCUT2D eigenvalue weighted by atomic mass is 10.1. The number of azide groups is 1. The SMILES string of the molecule is N#CC(NCCN=[N+]=[N-])c1ccc(F)cc1.